The summed E-state index contributed by atoms with van der Waals surface area (Å²) in [5.74, 6) is 0.481. The SMILES string of the molecule is Cc1ccc(S(=O)(=O)NCC(N)C2CC2)c(Br)c1. The van der Waals surface area contributed by atoms with Crippen LogP contribution in [0.4, 0.5) is 0 Å². The van der Waals surface area contributed by atoms with Crippen molar-refractivity contribution in [2.45, 2.75) is 30.7 Å². The Morgan fingerprint density at radius 1 is 1.50 bits per heavy atom. The van der Waals surface area contributed by atoms with Crippen molar-refractivity contribution in [2.24, 2.45) is 11.7 Å². The van der Waals surface area contributed by atoms with E-state index in [1.165, 1.54) is 0 Å². The predicted molar refractivity (Wildman–Crippen MR) is 74.8 cm³/mol. The van der Waals surface area contributed by atoms with Crippen molar-refractivity contribution in [2.75, 3.05) is 6.54 Å². The first-order valence-electron chi connectivity index (χ1n) is 5.91. The van der Waals surface area contributed by atoms with Crippen molar-refractivity contribution in [3.63, 3.8) is 0 Å². The molecule has 4 nitrogen and oxygen atoms in total. The van der Waals surface area contributed by atoms with E-state index in [9.17, 15) is 8.42 Å². The van der Waals surface area contributed by atoms with Gasteiger partial charge in [0.2, 0.25) is 10.0 Å². The summed E-state index contributed by atoms with van der Waals surface area (Å²) in [6.07, 6.45) is 2.22. The van der Waals surface area contributed by atoms with Crippen LogP contribution in [0.25, 0.3) is 0 Å². The van der Waals surface area contributed by atoms with Gasteiger partial charge in [0.1, 0.15) is 0 Å². The van der Waals surface area contributed by atoms with E-state index in [-0.39, 0.29) is 10.9 Å². The van der Waals surface area contributed by atoms with Gasteiger partial charge in [-0.1, -0.05) is 6.07 Å². The van der Waals surface area contributed by atoms with Gasteiger partial charge in [-0.15, -0.1) is 0 Å². The quantitative estimate of drug-likeness (QED) is 0.863. The highest BCUT2D eigenvalue weighted by atomic mass is 79.9. The Hall–Kier alpha value is -0.430. The maximum Gasteiger partial charge on any atom is 0.241 e. The lowest BCUT2D eigenvalue weighted by Crippen LogP contribution is -2.38. The van der Waals surface area contributed by atoms with Crippen molar-refractivity contribution >= 4 is 26.0 Å². The van der Waals surface area contributed by atoms with Crippen LogP contribution in [0.2, 0.25) is 0 Å². The molecule has 1 aliphatic rings. The number of nitrogens with two attached hydrogens (primary N) is 1. The van der Waals surface area contributed by atoms with Gasteiger partial charge in [-0.3, -0.25) is 0 Å². The lowest BCUT2D eigenvalue weighted by Gasteiger charge is -2.13. The largest absolute Gasteiger partial charge is 0.326 e. The number of hydrogen-bond acceptors (Lipinski definition) is 3. The predicted octanol–water partition coefficient (Wildman–Crippen LogP) is 1.77. The molecule has 0 saturated heterocycles. The van der Waals surface area contributed by atoms with Gasteiger partial charge >= 0.3 is 0 Å². The molecule has 6 heteroatoms. The maximum absolute atomic E-state index is 12.1. The molecule has 1 saturated carbocycles. The highest BCUT2D eigenvalue weighted by Crippen LogP contribution is 2.31. The van der Waals surface area contributed by atoms with Gasteiger partial charge in [-0.05, 0) is 59.3 Å². The first-order chi connectivity index (χ1) is 8.40. The van der Waals surface area contributed by atoms with Gasteiger partial charge in [0.15, 0.2) is 0 Å². The van der Waals surface area contributed by atoms with E-state index in [0.29, 0.717) is 16.9 Å². The molecule has 18 heavy (non-hydrogen) atoms. The third kappa shape index (κ3) is 3.32. The summed E-state index contributed by atoms with van der Waals surface area (Å²) in [4.78, 5) is 0.260. The molecule has 0 radical (unpaired) electrons. The van der Waals surface area contributed by atoms with Crippen molar-refractivity contribution in [1.29, 1.82) is 0 Å². The van der Waals surface area contributed by atoms with Crippen LogP contribution in [-0.4, -0.2) is 21.0 Å². The van der Waals surface area contributed by atoms with Crippen LogP contribution in [0.3, 0.4) is 0 Å². The monoisotopic (exact) mass is 332 g/mol. The molecule has 0 bridgehead atoms. The lowest BCUT2D eigenvalue weighted by atomic mass is 10.2. The second-order valence-corrected chi connectivity index (χ2v) is 7.38. The van der Waals surface area contributed by atoms with Gasteiger partial charge in [0.25, 0.3) is 0 Å². The van der Waals surface area contributed by atoms with Crippen molar-refractivity contribution in [1.82, 2.24) is 4.72 Å². The summed E-state index contributed by atoms with van der Waals surface area (Å²) in [5, 5.41) is 0. The molecule has 1 fully saturated rings. The summed E-state index contributed by atoms with van der Waals surface area (Å²) in [7, 11) is -3.49. The second-order valence-electron chi connectivity index (χ2n) is 4.79. The minimum atomic E-state index is -3.49. The summed E-state index contributed by atoms with van der Waals surface area (Å²) >= 11 is 3.28. The summed E-state index contributed by atoms with van der Waals surface area (Å²) in [6.45, 7) is 2.21. The molecule has 0 aromatic heterocycles. The number of aryl methyl sites for hydroxylation is 1. The fraction of sp³-hybridized carbons (Fsp3) is 0.500. The lowest BCUT2D eigenvalue weighted by molar-refractivity contribution is 0.547. The molecule has 1 aliphatic carbocycles. The fourth-order valence-corrected chi connectivity index (χ4v) is 4.06. The second kappa shape index (κ2) is 5.28. The molecule has 0 amide bonds. The molecule has 0 spiro atoms. The van der Waals surface area contributed by atoms with Crippen molar-refractivity contribution < 1.29 is 8.42 Å². The molecular formula is C12H17BrN2O2S. The maximum atomic E-state index is 12.1. The minimum Gasteiger partial charge on any atom is -0.326 e. The van der Waals surface area contributed by atoms with Gasteiger partial charge in [0, 0.05) is 17.1 Å². The van der Waals surface area contributed by atoms with E-state index in [1.807, 2.05) is 6.92 Å². The molecule has 2 rings (SSSR count). The number of nitrogens with one attached hydrogen (secondary N) is 1. The first kappa shape index (κ1) is 14.0. The Morgan fingerprint density at radius 2 is 2.17 bits per heavy atom. The van der Waals surface area contributed by atoms with E-state index >= 15 is 0 Å². The van der Waals surface area contributed by atoms with Gasteiger partial charge in [-0.25, -0.2) is 13.1 Å². The zero-order chi connectivity index (χ0) is 13.3. The standard InChI is InChI=1S/C12H17BrN2O2S/c1-8-2-5-12(10(13)6-8)18(16,17)15-7-11(14)9-3-4-9/h2,5-6,9,11,15H,3-4,7,14H2,1H3. The molecule has 100 valence electrons. The van der Waals surface area contributed by atoms with E-state index in [2.05, 4.69) is 20.7 Å². The molecule has 1 unspecified atom stereocenters. The van der Waals surface area contributed by atoms with E-state index in [4.69, 9.17) is 5.73 Å². The van der Waals surface area contributed by atoms with Crippen LogP contribution in [0, 0.1) is 12.8 Å². The average molecular weight is 333 g/mol. The number of rotatable bonds is 5. The van der Waals surface area contributed by atoms with E-state index in [1.54, 1.807) is 18.2 Å². The van der Waals surface area contributed by atoms with Crippen molar-refractivity contribution in [3.05, 3.63) is 28.2 Å². The summed E-state index contributed by atoms with van der Waals surface area (Å²) < 4.78 is 27.4. The average Bonchev–Trinajstić information content (AvgIpc) is 3.09. The molecule has 1 aromatic rings. The summed E-state index contributed by atoms with van der Waals surface area (Å²) in [5.41, 5.74) is 6.90. The molecular weight excluding hydrogens is 316 g/mol. The van der Waals surface area contributed by atoms with Crippen LogP contribution in [0.15, 0.2) is 27.6 Å². The van der Waals surface area contributed by atoms with Gasteiger partial charge in [-0.2, -0.15) is 0 Å². The van der Waals surface area contributed by atoms with Crippen molar-refractivity contribution in [3.8, 4) is 0 Å². The number of halogens is 1. The van der Waals surface area contributed by atoms with Gasteiger partial charge < -0.3 is 5.73 Å². The molecule has 1 atom stereocenters. The number of hydrogen-bond donors (Lipinski definition) is 2. The minimum absolute atomic E-state index is 0.0796. The third-order valence-corrected chi connectivity index (χ3v) is 5.51. The van der Waals surface area contributed by atoms with Crippen LogP contribution in [-0.2, 0) is 10.0 Å². The van der Waals surface area contributed by atoms with Crippen LogP contribution < -0.4 is 10.5 Å². The Morgan fingerprint density at radius 3 is 2.72 bits per heavy atom. The zero-order valence-corrected chi connectivity index (χ0v) is 12.6. The highest BCUT2D eigenvalue weighted by Gasteiger charge is 2.29. The van der Waals surface area contributed by atoms with Crippen LogP contribution in [0.1, 0.15) is 18.4 Å². The fourth-order valence-electron chi connectivity index (χ4n) is 1.80. The number of sulfonamides is 1. The Balaban J connectivity index is 2.09. The van der Waals surface area contributed by atoms with E-state index in [0.717, 1.165) is 18.4 Å². The molecule has 3 N–H and O–H groups in total. The Kier molecular flexibility index (Phi) is 4.11. The van der Waals surface area contributed by atoms with Gasteiger partial charge in [0.05, 0.1) is 4.90 Å². The zero-order valence-electron chi connectivity index (χ0n) is 10.2. The Labute approximate surface area is 116 Å². The molecule has 0 heterocycles. The smallest absolute Gasteiger partial charge is 0.241 e. The highest BCUT2D eigenvalue weighted by molar-refractivity contribution is 9.10. The number of benzene rings is 1. The van der Waals surface area contributed by atoms with Crippen LogP contribution in [0.5, 0.6) is 0 Å². The first-order valence-corrected chi connectivity index (χ1v) is 8.19. The summed E-state index contributed by atoms with van der Waals surface area (Å²) in [6, 6.07) is 5.09. The molecule has 0 aliphatic heterocycles. The third-order valence-electron chi connectivity index (χ3n) is 3.11. The van der Waals surface area contributed by atoms with Crippen LogP contribution >= 0.6 is 15.9 Å². The van der Waals surface area contributed by atoms with E-state index < -0.39 is 10.0 Å². The molecule has 1 aromatic carbocycles. The topological polar surface area (TPSA) is 72.2 Å². The normalized spacial score (nSPS) is 17.7. The Bertz CT molecular complexity index is 541.